The second-order valence-electron chi connectivity index (χ2n) is 7.71. The maximum absolute atomic E-state index is 11.3. The average Bonchev–Trinajstić information content (AvgIpc) is 2.82. The minimum atomic E-state index is -0.971. The van der Waals surface area contributed by atoms with Crippen LogP contribution in [-0.4, -0.2) is 46.8 Å². The zero-order valence-electron chi connectivity index (χ0n) is 16.3. The van der Waals surface area contributed by atoms with Crippen LogP contribution in [0.5, 0.6) is 5.75 Å². The molecule has 1 aliphatic heterocycles. The van der Waals surface area contributed by atoms with Crippen molar-refractivity contribution in [1.82, 2.24) is 14.5 Å². The number of fused-ring (bicyclic) bond motifs is 3. The van der Waals surface area contributed by atoms with Gasteiger partial charge in [0.25, 0.3) is 0 Å². The van der Waals surface area contributed by atoms with E-state index in [2.05, 4.69) is 33.6 Å². The third-order valence-corrected chi connectivity index (χ3v) is 5.74. The molecule has 3 heterocycles. The maximum atomic E-state index is 11.3. The highest BCUT2D eigenvalue weighted by Gasteiger charge is 2.28. The van der Waals surface area contributed by atoms with Gasteiger partial charge in [-0.05, 0) is 61.9 Å². The molecule has 5 heteroatoms. The minimum Gasteiger partial charge on any atom is -0.497 e. The van der Waals surface area contributed by atoms with Crippen LogP contribution >= 0.6 is 0 Å². The van der Waals surface area contributed by atoms with Crippen molar-refractivity contribution in [1.29, 1.82) is 0 Å². The highest BCUT2D eigenvalue weighted by Crippen LogP contribution is 2.34. The van der Waals surface area contributed by atoms with Crippen LogP contribution in [0.25, 0.3) is 10.9 Å². The summed E-state index contributed by atoms with van der Waals surface area (Å²) < 4.78 is 7.78. The van der Waals surface area contributed by atoms with Gasteiger partial charge in [-0.3, -0.25) is 4.98 Å². The number of aromatic nitrogens is 2. The Hall–Kier alpha value is -2.37. The van der Waals surface area contributed by atoms with Crippen LogP contribution in [0, 0.1) is 0 Å². The summed E-state index contributed by atoms with van der Waals surface area (Å²) in [6.45, 7) is 4.47. The molecule has 0 saturated heterocycles. The lowest BCUT2D eigenvalue weighted by atomic mass is 9.97. The standard InChI is InChI=1S/C22H27N3O2/c1-22(26,16-6-10-23-11-7-16)15-25-20-5-4-17(27-3)14-19(20)18-8-12-24(2)13-9-21(18)25/h4-7,10-11,14,26H,8-9,12-13,15H2,1-3H3. The van der Waals surface area contributed by atoms with Gasteiger partial charge in [-0.15, -0.1) is 0 Å². The van der Waals surface area contributed by atoms with Crippen LogP contribution in [0.15, 0.2) is 42.7 Å². The summed E-state index contributed by atoms with van der Waals surface area (Å²) in [5.74, 6) is 0.876. The number of aliphatic hydroxyl groups is 1. The predicted octanol–water partition coefficient (Wildman–Crippen LogP) is 2.98. The normalized spacial score (nSPS) is 17.3. The van der Waals surface area contributed by atoms with E-state index in [1.165, 1.54) is 22.2 Å². The monoisotopic (exact) mass is 365 g/mol. The highest BCUT2D eigenvalue weighted by molar-refractivity contribution is 5.87. The summed E-state index contributed by atoms with van der Waals surface area (Å²) in [5, 5.41) is 12.5. The molecular formula is C22H27N3O2. The highest BCUT2D eigenvalue weighted by atomic mass is 16.5. The molecule has 4 rings (SSSR count). The van der Waals surface area contributed by atoms with E-state index in [1.807, 2.05) is 25.1 Å². The quantitative estimate of drug-likeness (QED) is 0.772. The van der Waals surface area contributed by atoms with Crippen molar-refractivity contribution in [2.45, 2.75) is 31.9 Å². The maximum Gasteiger partial charge on any atom is 0.119 e. The molecule has 1 aromatic carbocycles. The number of hydrogen-bond acceptors (Lipinski definition) is 4. The van der Waals surface area contributed by atoms with Gasteiger partial charge in [0.05, 0.1) is 13.7 Å². The van der Waals surface area contributed by atoms with Crippen molar-refractivity contribution in [2.75, 3.05) is 27.2 Å². The predicted molar refractivity (Wildman–Crippen MR) is 107 cm³/mol. The number of ether oxygens (including phenoxy) is 1. The molecule has 27 heavy (non-hydrogen) atoms. The van der Waals surface area contributed by atoms with Crippen molar-refractivity contribution < 1.29 is 9.84 Å². The molecule has 0 bridgehead atoms. The van der Waals surface area contributed by atoms with E-state index in [4.69, 9.17) is 4.74 Å². The molecule has 0 fully saturated rings. The first-order chi connectivity index (χ1) is 13.0. The van der Waals surface area contributed by atoms with Crippen LogP contribution in [0.3, 0.4) is 0 Å². The van der Waals surface area contributed by atoms with E-state index >= 15 is 0 Å². The van der Waals surface area contributed by atoms with Crippen molar-refractivity contribution in [2.24, 2.45) is 0 Å². The van der Waals surface area contributed by atoms with Crippen LogP contribution < -0.4 is 4.74 Å². The first-order valence-corrected chi connectivity index (χ1v) is 9.49. The molecule has 1 unspecified atom stereocenters. The van der Waals surface area contributed by atoms with Crippen molar-refractivity contribution in [3.05, 3.63) is 59.5 Å². The Balaban J connectivity index is 1.84. The number of rotatable bonds is 4. The Kier molecular flexibility index (Phi) is 4.66. The third-order valence-electron chi connectivity index (χ3n) is 5.74. The van der Waals surface area contributed by atoms with Crippen LogP contribution in [0.1, 0.15) is 23.7 Å². The van der Waals surface area contributed by atoms with Crippen molar-refractivity contribution in [3.8, 4) is 5.75 Å². The summed E-state index contributed by atoms with van der Waals surface area (Å²) in [4.78, 5) is 6.45. The molecule has 0 radical (unpaired) electrons. The minimum absolute atomic E-state index is 0.513. The Bertz CT molecular complexity index is 947. The van der Waals surface area contributed by atoms with E-state index < -0.39 is 5.60 Å². The number of hydrogen-bond donors (Lipinski definition) is 1. The fraction of sp³-hybridized carbons (Fsp3) is 0.409. The smallest absolute Gasteiger partial charge is 0.119 e. The van der Waals surface area contributed by atoms with Gasteiger partial charge in [-0.2, -0.15) is 0 Å². The molecule has 0 aliphatic carbocycles. The molecule has 5 nitrogen and oxygen atoms in total. The zero-order chi connectivity index (χ0) is 19.0. The molecule has 3 aromatic rings. The van der Waals surface area contributed by atoms with Crippen molar-refractivity contribution >= 4 is 10.9 Å². The van der Waals surface area contributed by atoms with Gasteiger partial charge in [0.1, 0.15) is 11.4 Å². The molecule has 0 spiro atoms. The second kappa shape index (κ2) is 6.98. The van der Waals surface area contributed by atoms with Gasteiger partial charge in [-0.1, -0.05) is 0 Å². The summed E-state index contributed by atoms with van der Waals surface area (Å²) in [6, 6.07) is 10.0. The second-order valence-corrected chi connectivity index (χ2v) is 7.71. The lowest BCUT2D eigenvalue weighted by Crippen LogP contribution is -2.29. The Morgan fingerprint density at radius 2 is 1.89 bits per heavy atom. The fourth-order valence-electron chi connectivity index (χ4n) is 4.15. The van der Waals surface area contributed by atoms with Gasteiger partial charge < -0.3 is 19.3 Å². The number of likely N-dealkylation sites (N-methyl/N-ethyl adjacent to an activating group) is 1. The molecule has 1 N–H and O–H groups in total. The van der Waals surface area contributed by atoms with Gasteiger partial charge >= 0.3 is 0 Å². The first kappa shape index (κ1) is 18.0. The van der Waals surface area contributed by atoms with Gasteiger partial charge in [0.15, 0.2) is 0 Å². The van der Waals surface area contributed by atoms with Gasteiger partial charge in [0.2, 0.25) is 0 Å². The molecule has 142 valence electrons. The Labute approximate surface area is 160 Å². The Morgan fingerprint density at radius 3 is 2.63 bits per heavy atom. The van der Waals surface area contributed by atoms with E-state index in [1.54, 1.807) is 19.5 Å². The van der Waals surface area contributed by atoms with Gasteiger partial charge in [0, 0.05) is 48.5 Å². The zero-order valence-corrected chi connectivity index (χ0v) is 16.3. The Morgan fingerprint density at radius 1 is 1.15 bits per heavy atom. The molecule has 2 aromatic heterocycles. The molecule has 1 aliphatic rings. The molecule has 1 atom stereocenters. The van der Waals surface area contributed by atoms with E-state index in [9.17, 15) is 5.11 Å². The van der Waals surface area contributed by atoms with E-state index in [-0.39, 0.29) is 0 Å². The topological polar surface area (TPSA) is 50.5 Å². The molecule has 0 amide bonds. The number of pyridine rings is 1. The SMILES string of the molecule is COc1ccc2c(c1)c1c(n2CC(C)(O)c2ccncc2)CCN(C)CC1. The third kappa shape index (κ3) is 3.33. The molecular weight excluding hydrogens is 338 g/mol. The van der Waals surface area contributed by atoms with Gasteiger partial charge in [-0.25, -0.2) is 0 Å². The van der Waals surface area contributed by atoms with Crippen LogP contribution in [-0.2, 0) is 25.0 Å². The van der Waals surface area contributed by atoms with Crippen molar-refractivity contribution in [3.63, 3.8) is 0 Å². The number of benzene rings is 1. The average molecular weight is 365 g/mol. The lowest BCUT2D eigenvalue weighted by molar-refractivity contribution is 0.0387. The lowest BCUT2D eigenvalue weighted by Gasteiger charge is -2.26. The van der Waals surface area contributed by atoms with Crippen LogP contribution in [0.4, 0.5) is 0 Å². The summed E-state index contributed by atoms with van der Waals surface area (Å²) in [5.41, 5.74) is 3.79. The summed E-state index contributed by atoms with van der Waals surface area (Å²) in [7, 11) is 3.88. The fourth-order valence-corrected chi connectivity index (χ4v) is 4.15. The summed E-state index contributed by atoms with van der Waals surface area (Å²) in [6.07, 6.45) is 5.46. The first-order valence-electron chi connectivity index (χ1n) is 9.49. The largest absolute Gasteiger partial charge is 0.497 e. The van der Waals surface area contributed by atoms with E-state index in [0.717, 1.165) is 37.2 Å². The van der Waals surface area contributed by atoms with E-state index in [0.29, 0.717) is 6.54 Å². The molecule has 0 saturated carbocycles. The van der Waals surface area contributed by atoms with Crippen LogP contribution in [0.2, 0.25) is 0 Å². The number of nitrogens with zero attached hydrogens (tertiary/aromatic N) is 3. The number of methoxy groups -OCH3 is 1. The summed E-state index contributed by atoms with van der Waals surface area (Å²) >= 11 is 0.